The molecule has 0 aliphatic rings. The Balaban J connectivity index is 2.08. The van der Waals surface area contributed by atoms with Gasteiger partial charge < -0.3 is 10.1 Å². The Bertz CT molecular complexity index is 778. The van der Waals surface area contributed by atoms with E-state index in [2.05, 4.69) is 20.3 Å². The van der Waals surface area contributed by atoms with Crippen molar-refractivity contribution in [3.8, 4) is 5.75 Å². The number of ether oxygens (including phenoxy) is 1. The smallest absolute Gasteiger partial charge is 0.387 e. The Kier molecular flexibility index (Phi) is 6.57. The van der Waals surface area contributed by atoms with E-state index in [0.717, 1.165) is 18.2 Å². The summed E-state index contributed by atoms with van der Waals surface area (Å²) in [6.45, 7) is 1.05. The van der Waals surface area contributed by atoms with Crippen LogP contribution in [-0.4, -0.2) is 32.5 Å². The summed E-state index contributed by atoms with van der Waals surface area (Å²) in [5.74, 6) is -0.542. The van der Waals surface area contributed by atoms with Gasteiger partial charge in [0, 0.05) is 6.54 Å². The number of benzene rings is 1. The third-order valence-electron chi connectivity index (χ3n) is 3.18. The average molecular weight is 372 g/mol. The van der Waals surface area contributed by atoms with Gasteiger partial charge in [-0.15, -0.1) is 5.10 Å². The predicted molar refractivity (Wildman–Crippen MR) is 90.2 cm³/mol. The maximum absolute atomic E-state index is 12.4. The van der Waals surface area contributed by atoms with Crippen molar-refractivity contribution in [3.63, 3.8) is 0 Å². The molecule has 0 saturated heterocycles. The summed E-state index contributed by atoms with van der Waals surface area (Å²) in [4.78, 5) is 24.0. The van der Waals surface area contributed by atoms with Crippen molar-refractivity contribution in [3.05, 3.63) is 34.7 Å². The van der Waals surface area contributed by atoms with Crippen molar-refractivity contribution in [2.45, 2.75) is 43.8 Å². The Labute approximate surface area is 146 Å². The molecule has 136 valence electrons. The number of aromatic amines is 1. The van der Waals surface area contributed by atoms with E-state index in [4.69, 9.17) is 0 Å². The highest BCUT2D eigenvalue weighted by Gasteiger charge is 2.20. The lowest BCUT2D eigenvalue weighted by Crippen LogP contribution is -2.24. The maximum atomic E-state index is 12.4. The predicted octanol–water partition coefficient (Wildman–Crippen LogP) is 2.70. The number of aromatic nitrogens is 3. The largest absolute Gasteiger partial charge is 0.433 e. The normalized spacial score (nSPS) is 12.2. The number of carbonyl (C=O) groups is 1. The van der Waals surface area contributed by atoms with E-state index >= 15 is 0 Å². The van der Waals surface area contributed by atoms with Crippen molar-refractivity contribution in [2.24, 2.45) is 0 Å². The fraction of sp³-hybridized carbons (Fsp3) is 0.400. The van der Waals surface area contributed by atoms with E-state index < -0.39 is 17.8 Å². The molecular weight excluding hydrogens is 354 g/mol. The van der Waals surface area contributed by atoms with Gasteiger partial charge in [-0.3, -0.25) is 9.36 Å². The van der Waals surface area contributed by atoms with Gasteiger partial charge in [-0.05, 0) is 25.5 Å². The molecule has 1 aromatic heterocycles. The Morgan fingerprint density at radius 1 is 1.44 bits per heavy atom. The third kappa shape index (κ3) is 5.05. The summed E-state index contributed by atoms with van der Waals surface area (Å²) in [7, 11) is 0. The van der Waals surface area contributed by atoms with E-state index in [1.807, 2.05) is 6.92 Å². The van der Waals surface area contributed by atoms with Crippen LogP contribution in [-0.2, 0) is 11.3 Å². The van der Waals surface area contributed by atoms with Gasteiger partial charge in [-0.2, -0.15) is 8.78 Å². The van der Waals surface area contributed by atoms with Gasteiger partial charge in [0.05, 0.1) is 10.9 Å². The van der Waals surface area contributed by atoms with Crippen LogP contribution in [0, 0.1) is 0 Å². The van der Waals surface area contributed by atoms with Crippen LogP contribution in [0.4, 0.5) is 14.5 Å². The second-order valence-corrected chi connectivity index (χ2v) is 6.39. The highest BCUT2D eigenvalue weighted by Crippen LogP contribution is 2.27. The fourth-order valence-corrected chi connectivity index (χ4v) is 2.91. The Morgan fingerprint density at radius 2 is 2.16 bits per heavy atom. The molecule has 0 aliphatic carbocycles. The topological polar surface area (TPSA) is 89.0 Å². The summed E-state index contributed by atoms with van der Waals surface area (Å²) in [6.07, 6.45) is 0.742. The zero-order valence-electron chi connectivity index (χ0n) is 13.7. The van der Waals surface area contributed by atoms with Crippen molar-refractivity contribution in [1.29, 1.82) is 0 Å². The zero-order chi connectivity index (χ0) is 18.4. The number of hydrogen-bond acceptors (Lipinski definition) is 5. The van der Waals surface area contributed by atoms with Gasteiger partial charge in [-0.1, -0.05) is 30.8 Å². The van der Waals surface area contributed by atoms with Crippen molar-refractivity contribution in [1.82, 2.24) is 14.8 Å². The van der Waals surface area contributed by atoms with Crippen LogP contribution in [0.1, 0.15) is 20.3 Å². The van der Waals surface area contributed by atoms with Gasteiger partial charge >= 0.3 is 12.3 Å². The summed E-state index contributed by atoms with van der Waals surface area (Å²) < 4.78 is 30.7. The molecule has 0 fully saturated rings. The third-order valence-corrected chi connectivity index (χ3v) is 4.27. The van der Waals surface area contributed by atoms with Gasteiger partial charge in [0.2, 0.25) is 5.91 Å². The van der Waals surface area contributed by atoms with Crippen LogP contribution >= 0.6 is 11.8 Å². The fourth-order valence-electron chi connectivity index (χ4n) is 2.03. The van der Waals surface area contributed by atoms with E-state index in [0.29, 0.717) is 11.7 Å². The van der Waals surface area contributed by atoms with Crippen molar-refractivity contribution >= 4 is 23.4 Å². The zero-order valence-corrected chi connectivity index (χ0v) is 14.5. The summed E-state index contributed by atoms with van der Waals surface area (Å²) in [6, 6.07) is 5.93. The molecule has 0 aliphatic heterocycles. The minimum absolute atomic E-state index is 0.120. The van der Waals surface area contributed by atoms with Gasteiger partial charge in [0.15, 0.2) is 5.16 Å². The van der Waals surface area contributed by atoms with Crippen LogP contribution < -0.4 is 15.7 Å². The molecule has 2 aromatic rings. The number of para-hydroxylation sites is 2. The van der Waals surface area contributed by atoms with Crippen molar-refractivity contribution in [2.75, 3.05) is 5.32 Å². The molecule has 1 amide bonds. The first-order valence-corrected chi connectivity index (χ1v) is 8.47. The number of nitrogens with zero attached hydrogens (tertiary/aromatic N) is 2. The number of halogens is 2. The van der Waals surface area contributed by atoms with E-state index in [1.54, 1.807) is 13.0 Å². The van der Waals surface area contributed by atoms with Gasteiger partial charge in [-0.25, -0.2) is 9.89 Å². The monoisotopic (exact) mass is 372 g/mol. The van der Waals surface area contributed by atoms with E-state index in [1.165, 1.54) is 22.8 Å². The molecule has 0 unspecified atom stereocenters. The number of nitrogens with one attached hydrogen (secondary N) is 2. The summed E-state index contributed by atoms with van der Waals surface area (Å²) in [5.41, 5.74) is -0.194. The van der Waals surface area contributed by atoms with Gasteiger partial charge in [0.1, 0.15) is 5.75 Å². The van der Waals surface area contributed by atoms with Crippen LogP contribution in [0.5, 0.6) is 5.75 Å². The maximum Gasteiger partial charge on any atom is 0.387 e. The average Bonchev–Trinajstić information content (AvgIpc) is 2.89. The highest BCUT2D eigenvalue weighted by molar-refractivity contribution is 8.00. The number of anilines is 1. The van der Waals surface area contributed by atoms with Gasteiger partial charge in [0.25, 0.3) is 0 Å². The quantitative estimate of drug-likeness (QED) is 0.696. The highest BCUT2D eigenvalue weighted by atomic mass is 32.2. The molecule has 25 heavy (non-hydrogen) atoms. The number of hydrogen-bond donors (Lipinski definition) is 2. The minimum atomic E-state index is -2.99. The lowest BCUT2D eigenvalue weighted by molar-refractivity contribution is -0.115. The molecule has 1 aromatic carbocycles. The van der Waals surface area contributed by atoms with E-state index in [-0.39, 0.29) is 17.1 Å². The Hall–Kier alpha value is -2.36. The van der Waals surface area contributed by atoms with Crippen LogP contribution in [0.25, 0.3) is 0 Å². The molecule has 1 heterocycles. The molecule has 0 radical (unpaired) electrons. The lowest BCUT2D eigenvalue weighted by Gasteiger charge is -2.14. The second kappa shape index (κ2) is 8.65. The molecule has 0 saturated carbocycles. The van der Waals surface area contributed by atoms with Crippen molar-refractivity contribution < 1.29 is 18.3 Å². The molecular formula is C15H18F2N4O3S. The van der Waals surface area contributed by atoms with Crippen LogP contribution in [0.3, 0.4) is 0 Å². The number of amides is 1. The number of rotatable bonds is 8. The number of carbonyl (C=O) groups excluding carboxylic acids is 1. The molecule has 2 rings (SSSR count). The number of thioether (sulfide) groups is 1. The molecule has 10 heteroatoms. The van der Waals surface area contributed by atoms with E-state index in [9.17, 15) is 18.4 Å². The summed E-state index contributed by atoms with van der Waals surface area (Å²) >= 11 is 1.10. The molecule has 0 bridgehead atoms. The molecule has 7 nitrogen and oxygen atoms in total. The van der Waals surface area contributed by atoms with Crippen LogP contribution in [0.2, 0.25) is 0 Å². The second-order valence-electron chi connectivity index (χ2n) is 5.09. The molecule has 1 atom stereocenters. The molecule has 2 N–H and O–H groups in total. The molecule has 0 spiro atoms. The first-order chi connectivity index (χ1) is 11.9. The Morgan fingerprint density at radius 3 is 2.84 bits per heavy atom. The minimum Gasteiger partial charge on any atom is -0.433 e. The standard InChI is InChI=1S/C15H18F2N4O3S/c1-3-8-21-14(23)19-20-15(21)25-9(2)12(22)18-10-6-4-5-7-11(10)24-13(16)17/h4-7,9,13H,3,8H2,1-2H3,(H,18,22)(H,19,23)/t9-/m1/s1. The van der Waals surface area contributed by atoms with Crippen LogP contribution in [0.15, 0.2) is 34.2 Å². The first-order valence-electron chi connectivity index (χ1n) is 7.59. The number of H-pyrrole nitrogens is 1. The SMILES string of the molecule is CCCn1c(S[C@H](C)C(=O)Nc2ccccc2OC(F)F)n[nH]c1=O. The lowest BCUT2D eigenvalue weighted by atomic mass is 10.3. The summed E-state index contributed by atoms with van der Waals surface area (Å²) in [5, 5.41) is 8.59. The first kappa shape index (κ1) is 19.0. The number of alkyl halides is 2.